The SMILES string of the molecule is CC(NS(=O)(=O)c1ccc2[nH]c(=O)[nH]c2c1)C1CC1. The number of aromatic amines is 2. The van der Waals surface area contributed by atoms with Gasteiger partial charge in [0, 0.05) is 6.04 Å². The fraction of sp³-hybridized carbons (Fsp3) is 0.417. The van der Waals surface area contributed by atoms with E-state index in [2.05, 4.69) is 14.7 Å². The summed E-state index contributed by atoms with van der Waals surface area (Å²) in [5.41, 5.74) is 0.745. The molecule has 1 fully saturated rings. The van der Waals surface area contributed by atoms with Gasteiger partial charge in [-0.1, -0.05) is 0 Å². The maximum absolute atomic E-state index is 12.2. The zero-order valence-corrected chi connectivity index (χ0v) is 11.3. The molecule has 3 rings (SSSR count). The third-order valence-corrected chi connectivity index (χ3v) is 5.02. The first-order chi connectivity index (χ1) is 8.95. The Kier molecular flexibility index (Phi) is 2.75. The zero-order valence-electron chi connectivity index (χ0n) is 10.4. The van der Waals surface area contributed by atoms with E-state index in [0.29, 0.717) is 17.0 Å². The van der Waals surface area contributed by atoms with E-state index in [4.69, 9.17) is 0 Å². The maximum atomic E-state index is 12.2. The molecule has 1 atom stereocenters. The summed E-state index contributed by atoms with van der Waals surface area (Å²) in [5, 5.41) is 0. The Balaban J connectivity index is 1.95. The molecule has 102 valence electrons. The van der Waals surface area contributed by atoms with E-state index in [1.807, 2.05) is 6.92 Å². The second-order valence-corrected chi connectivity index (χ2v) is 6.75. The van der Waals surface area contributed by atoms with Gasteiger partial charge >= 0.3 is 5.69 Å². The average Bonchev–Trinajstić information content (AvgIpc) is 3.09. The van der Waals surface area contributed by atoms with Crippen LogP contribution in [0.5, 0.6) is 0 Å². The van der Waals surface area contributed by atoms with Crippen molar-refractivity contribution in [1.29, 1.82) is 0 Å². The van der Waals surface area contributed by atoms with Crippen LogP contribution >= 0.6 is 0 Å². The molecule has 1 aromatic carbocycles. The van der Waals surface area contributed by atoms with E-state index in [0.717, 1.165) is 12.8 Å². The van der Waals surface area contributed by atoms with Crippen LogP contribution in [-0.2, 0) is 10.0 Å². The predicted molar refractivity (Wildman–Crippen MR) is 71.4 cm³/mol. The Morgan fingerprint density at radius 1 is 1.26 bits per heavy atom. The lowest BCUT2D eigenvalue weighted by Crippen LogP contribution is -2.33. The molecule has 19 heavy (non-hydrogen) atoms. The van der Waals surface area contributed by atoms with Gasteiger partial charge in [0.05, 0.1) is 15.9 Å². The minimum Gasteiger partial charge on any atom is -0.306 e. The molecule has 0 spiro atoms. The number of sulfonamides is 1. The standard InChI is InChI=1S/C12H15N3O3S/c1-7(8-2-3-8)15-19(17,18)9-4-5-10-11(6-9)14-12(16)13-10/h4-8,15H,2-3H2,1H3,(H2,13,14,16). The number of nitrogens with one attached hydrogen (secondary N) is 3. The Labute approximate surface area is 110 Å². The molecule has 1 aliphatic rings. The molecule has 7 heteroatoms. The number of benzene rings is 1. The molecular weight excluding hydrogens is 266 g/mol. The van der Waals surface area contributed by atoms with Crippen molar-refractivity contribution in [3.63, 3.8) is 0 Å². The van der Waals surface area contributed by atoms with Gasteiger partial charge < -0.3 is 9.97 Å². The topological polar surface area (TPSA) is 94.8 Å². The largest absolute Gasteiger partial charge is 0.323 e. The van der Waals surface area contributed by atoms with Crippen LogP contribution in [0.25, 0.3) is 11.0 Å². The first-order valence-corrected chi connectivity index (χ1v) is 7.68. The summed E-state index contributed by atoms with van der Waals surface area (Å²) in [4.78, 5) is 16.5. The van der Waals surface area contributed by atoms with E-state index in [-0.39, 0.29) is 16.6 Å². The highest BCUT2D eigenvalue weighted by molar-refractivity contribution is 7.89. The number of fused-ring (bicyclic) bond motifs is 1. The van der Waals surface area contributed by atoms with Crippen molar-refractivity contribution in [2.75, 3.05) is 0 Å². The van der Waals surface area contributed by atoms with E-state index < -0.39 is 10.0 Å². The van der Waals surface area contributed by atoms with Gasteiger partial charge in [-0.2, -0.15) is 0 Å². The summed E-state index contributed by atoms with van der Waals surface area (Å²) in [6.07, 6.45) is 2.15. The van der Waals surface area contributed by atoms with Crippen molar-refractivity contribution in [3.05, 3.63) is 28.7 Å². The Hall–Kier alpha value is -1.60. The van der Waals surface area contributed by atoms with Crippen LogP contribution in [0, 0.1) is 5.92 Å². The molecule has 0 saturated heterocycles. The molecule has 0 bridgehead atoms. The molecule has 1 aliphatic carbocycles. The molecule has 1 unspecified atom stereocenters. The van der Waals surface area contributed by atoms with Crippen molar-refractivity contribution < 1.29 is 8.42 Å². The molecule has 1 heterocycles. The normalized spacial score (nSPS) is 17.7. The van der Waals surface area contributed by atoms with Crippen molar-refractivity contribution in [2.45, 2.75) is 30.7 Å². The average molecular weight is 281 g/mol. The number of imidazole rings is 1. The third kappa shape index (κ3) is 2.43. The van der Waals surface area contributed by atoms with Crippen molar-refractivity contribution in [2.24, 2.45) is 5.92 Å². The molecule has 6 nitrogen and oxygen atoms in total. The lowest BCUT2D eigenvalue weighted by atomic mass is 10.2. The molecule has 1 aromatic heterocycles. The highest BCUT2D eigenvalue weighted by Gasteiger charge is 2.31. The van der Waals surface area contributed by atoms with Crippen LogP contribution in [0.1, 0.15) is 19.8 Å². The number of hydrogen-bond acceptors (Lipinski definition) is 3. The fourth-order valence-electron chi connectivity index (χ4n) is 2.18. The summed E-state index contributed by atoms with van der Waals surface area (Å²) >= 11 is 0. The van der Waals surface area contributed by atoms with Crippen molar-refractivity contribution >= 4 is 21.1 Å². The van der Waals surface area contributed by atoms with Crippen LogP contribution < -0.4 is 10.4 Å². The lowest BCUT2D eigenvalue weighted by molar-refractivity contribution is 0.538. The molecule has 0 aliphatic heterocycles. The van der Waals surface area contributed by atoms with Crippen LogP contribution in [0.15, 0.2) is 27.9 Å². The van der Waals surface area contributed by atoms with Gasteiger partial charge in [0.1, 0.15) is 0 Å². The van der Waals surface area contributed by atoms with Crippen LogP contribution in [0.4, 0.5) is 0 Å². The Morgan fingerprint density at radius 3 is 2.63 bits per heavy atom. The number of hydrogen-bond donors (Lipinski definition) is 3. The van der Waals surface area contributed by atoms with Crippen molar-refractivity contribution in [1.82, 2.24) is 14.7 Å². The van der Waals surface area contributed by atoms with E-state index >= 15 is 0 Å². The van der Waals surface area contributed by atoms with Gasteiger partial charge in [-0.05, 0) is 43.9 Å². The molecule has 3 N–H and O–H groups in total. The fourth-order valence-corrected chi connectivity index (χ4v) is 3.52. The van der Waals surface area contributed by atoms with Crippen LogP contribution in [-0.4, -0.2) is 24.4 Å². The van der Waals surface area contributed by atoms with Gasteiger partial charge in [0.25, 0.3) is 0 Å². The summed E-state index contributed by atoms with van der Waals surface area (Å²) in [6.45, 7) is 1.88. The van der Waals surface area contributed by atoms with Gasteiger partial charge in [-0.3, -0.25) is 0 Å². The number of H-pyrrole nitrogens is 2. The summed E-state index contributed by atoms with van der Waals surface area (Å²) in [5.74, 6) is 0.450. The zero-order chi connectivity index (χ0) is 13.6. The number of rotatable bonds is 4. The van der Waals surface area contributed by atoms with Gasteiger partial charge in [-0.25, -0.2) is 17.9 Å². The van der Waals surface area contributed by atoms with Crippen LogP contribution in [0.2, 0.25) is 0 Å². The molecule has 2 aromatic rings. The van der Waals surface area contributed by atoms with Gasteiger partial charge in [-0.15, -0.1) is 0 Å². The smallest absolute Gasteiger partial charge is 0.306 e. The molecule has 0 amide bonds. The summed E-state index contributed by atoms with van der Waals surface area (Å²) < 4.78 is 27.1. The molecule has 0 radical (unpaired) electrons. The first kappa shape index (κ1) is 12.4. The summed E-state index contributed by atoms with van der Waals surface area (Å²) in [7, 11) is -3.53. The first-order valence-electron chi connectivity index (χ1n) is 6.20. The van der Waals surface area contributed by atoms with E-state index in [1.165, 1.54) is 12.1 Å². The van der Waals surface area contributed by atoms with Gasteiger partial charge in [0.2, 0.25) is 10.0 Å². The minimum absolute atomic E-state index is 0.0500. The maximum Gasteiger partial charge on any atom is 0.323 e. The predicted octanol–water partition coefficient (Wildman–Crippen LogP) is 0.933. The second kappa shape index (κ2) is 4.21. The molecular formula is C12H15N3O3S. The highest BCUT2D eigenvalue weighted by Crippen LogP contribution is 2.33. The highest BCUT2D eigenvalue weighted by atomic mass is 32.2. The van der Waals surface area contributed by atoms with Gasteiger partial charge in [0.15, 0.2) is 0 Å². The lowest BCUT2D eigenvalue weighted by Gasteiger charge is -2.13. The third-order valence-electron chi connectivity index (χ3n) is 3.47. The quantitative estimate of drug-likeness (QED) is 0.778. The van der Waals surface area contributed by atoms with E-state index in [1.54, 1.807) is 6.07 Å². The number of aromatic nitrogens is 2. The second-order valence-electron chi connectivity index (χ2n) is 5.03. The Bertz CT molecular complexity index is 771. The van der Waals surface area contributed by atoms with E-state index in [9.17, 15) is 13.2 Å². The minimum atomic E-state index is -3.53. The molecule has 1 saturated carbocycles. The van der Waals surface area contributed by atoms with Crippen molar-refractivity contribution in [3.8, 4) is 0 Å². The Morgan fingerprint density at radius 2 is 1.95 bits per heavy atom. The monoisotopic (exact) mass is 281 g/mol. The summed E-state index contributed by atoms with van der Waals surface area (Å²) in [6, 6.07) is 4.50. The van der Waals surface area contributed by atoms with Crippen LogP contribution in [0.3, 0.4) is 0 Å².